The zero-order chi connectivity index (χ0) is 23.4. The predicted molar refractivity (Wildman–Crippen MR) is 121 cm³/mol. The second-order valence-corrected chi connectivity index (χ2v) is 8.61. The molecule has 2 aromatic rings. The third-order valence-electron chi connectivity index (χ3n) is 6.55. The maximum atomic E-state index is 12.7. The van der Waals surface area contributed by atoms with E-state index in [-0.39, 0.29) is 31.1 Å². The molecule has 33 heavy (non-hydrogen) atoms. The van der Waals surface area contributed by atoms with E-state index in [0.717, 1.165) is 35.1 Å². The largest absolute Gasteiger partial charge is 0.481 e. The van der Waals surface area contributed by atoms with Crippen molar-refractivity contribution in [2.24, 2.45) is 5.92 Å². The van der Waals surface area contributed by atoms with Crippen LogP contribution in [0, 0.1) is 5.92 Å². The molecule has 174 valence electrons. The van der Waals surface area contributed by atoms with Gasteiger partial charge in [0.05, 0.1) is 6.42 Å². The van der Waals surface area contributed by atoms with Crippen LogP contribution >= 0.6 is 0 Å². The third kappa shape index (κ3) is 5.01. The molecular formula is C25H28N2O6. The van der Waals surface area contributed by atoms with Gasteiger partial charge in [-0.2, -0.15) is 0 Å². The number of amides is 2. The van der Waals surface area contributed by atoms with Crippen molar-refractivity contribution in [1.29, 1.82) is 0 Å². The van der Waals surface area contributed by atoms with Crippen LogP contribution in [0.3, 0.4) is 0 Å². The Kier molecular flexibility index (Phi) is 6.93. The maximum absolute atomic E-state index is 12.7. The second-order valence-electron chi connectivity index (χ2n) is 8.61. The molecule has 0 radical (unpaired) electrons. The van der Waals surface area contributed by atoms with Gasteiger partial charge in [0.15, 0.2) is 0 Å². The number of carboxylic acids is 1. The van der Waals surface area contributed by atoms with Crippen LogP contribution in [0.2, 0.25) is 0 Å². The van der Waals surface area contributed by atoms with Gasteiger partial charge in [0.1, 0.15) is 12.6 Å². The first-order chi connectivity index (χ1) is 16.0. The van der Waals surface area contributed by atoms with Crippen molar-refractivity contribution in [3.8, 4) is 11.1 Å². The number of benzene rings is 2. The number of hydrogen-bond acceptors (Lipinski definition) is 5. The van der Waals surface area contributed by atoms with Crippen molar-refractivity contribution < 1.29 is 29.3 Å². The van der Waals surface area contributed by atoms with E-state index in [1.807, 2.05) is 48.5 Å². The van der Waals surface area contributed by atoms with Crippen LogP contribution in [0.5, 0.6) is 0 Å². The van der Waals surface area contributed by atoms with Gasteiger partial charge in [-0.05, 0) is 35.1 Å². The number of aliphatic carboxylic acids is 1. The summed E-state index contributed by atoms with van der Waals surface area (Å²) in [7, 11) is 0. The Morgan fingerprint density at radius 3 is 2.24 bits per heavy atom. The van der Waals surface area contributed by atoms with Crippen LogP contribution in [0.4, 0.5) is 4.79 Å². The number of nitrogens with one attached hydrogen (secondary N) is 2. The molecule has 1 unspecified atom stereocenters. The number of aliphatic hydroxyl groups is 1. The van der Waals surface area contributed by atoms with Gasteiger partial charge in [0, 0.05) is 24.5 Å². The third-order valence-corrected chi connectivity index (χ3v) is 6.55. The van der Waals surface area contributed by atoms with Crippen molar-refractivity contribution in [3.05, 3.63) is 59.7 Å². The molecule has 2 aliphatic carbocycles. The van der Waals surface area contributed by atoms with E-state index < -0.39 is 30.4 Å². The zero-order valence-corrected chi connectivity index (χ0v) is 18.2. The van der Waals surface area contributed by atoms with E-state index in [4.69, 9.17) is 4.74 Å². The van der Waals surface area contributed by atoms with Crippen molar-refractivity contribution in [3.63, 3.8) is 0 Å². The van der Waals surface area contributed by atoms with E-state index in [1.54, 1.807) is 0 Å². The minimum absolute atomic E-state index is 0.0473. The molecule has 0 spiro atoms. The quantitative estimate of drug-likeness (QED) is 0.488. The second kappa shape index (κ2) is 10.0. The van der Waals surface area contributed by atoms with E-state index in [2.05, 4.69) is 10.6 Å². The Labute approximate surface area is 192 Å². The van der Waals surface area contributed by atoms with Crippen LogP contribution in [-0.2, 0) is 14.3 Å². The Morgan fingerprint density at radius 2 is 1.64 bits per heavy atom. The molecule has 0 heterocycles. The van der Waals surface area contributed by atoms with E-state index in [9.17, 15) is 24.6 Å². The molecule has 4 N–H and O–H groups in total. The number of hydrogen-bond donors (Lipinski definition) is 4. The highest BCUT2D eigenvalue weighted by Crippen LogP contribution is 2.44. The molecule has 8 heteroatoms. The molecule has 2 aliphatic rings. The summed E-state index contributed by atoms with van der Waals surface area (Å²) < 4.78 is 5.45. The van der Waals surface area contributed by atoms with Crippen LogP contribution in [-0.4, -0.2) is 53.5 Å². The topological polar surface area (TPSA) is 125 Å². The van der Waals surface area contributed by atoms with Gasteiger partial charge in [-0.3, -0.25) is 9.59 Å². The molecular weight excluding hydrogens is 424 g/mol. The Morgan fingerprint density at radius 1 is 1.00 bits per heavy atom. The number of carboxylic acid groups (broad SMARTS) is 1. The summed E-state index contributed by atoms with van der Waals surface area (Å²) >= 11 is 0. The zero-order valence-electron chi connectivity index (χ0n) is 18.2. The predicted octanol–water partition coefficient (Wildman–Crippen LogP) is 2.65. The van der Waals surface area contributed by atoms with E-state index in [1.165, 1.54) is 0 Å². The molecule has 2 amide bonds. The Hall–Kier alpha value is -3.39. The van der Waals surface area contributed by atoms with Crippen molar-refractivity contribution >= 4 is 18.0 Å². The standard InChI is InChI=1S/C25H28N2O6/c28-13-15-6-5-11-21(15)26-24(31)22(12-23(29)30)27-25(32)33-14-20-18-9-3-1-7-16(18)17-8-2-4-10-19(17)20/h1-4,7-10,15,20-22,28H,5-6,11-14H2,(H,26,31)(H,27,32)(H,29,30)/t15-,21-,22?/m0/s1. The lowest BCUT2D eigenvalue weighted by atomic mass is 9.98. The van der Waals surface area contributed by atoms with Gasteiger partial charge in [0.25, 0.3) is 0 Å². The lowest BCUT2D eigenvalue weighted by Crippen LogP contribution is -2.51. The van der Waals surface area contributed by atoms with Crippen LogP contribution < -0.4 is 10.6 Å². The first kappa shape index (κ1) is 22.8. The van der Waals surface area contributed by atoms with Crippen LogP contribution in [0.25, 0.3) is 11.1 Å². The number of fused-ring (bicyclic) bond motifs is 3. The molecule has 0 aliphatic heterocycles. The Bertz CT molecular complexity index is 994. The fraction of sp³-hybridized carbons (Fsp3) is 0.400. The monoisotopic (exact) mass is 452 g/mol. The smallest absolute Gasteiger partial charge is 0.407 e. The van der Waals surface area contributed by atoms with Gasteiger partial charge >= 0.3 is 12.1 Å². The average Bonchev–Trinajstić information content (AvgIpc) is 3.39. The van der Waals surface area contributed by atoms with Gasteiger partial charge < -0.3 is 25.6 Å². The van der Waals surface area contributed by atoms with E-state index in [0.29, 0.717) is 6.42 Å². The molecule has 3 atom stereocenters. The SMILES string of the molecule is O=C(O)CC(NC(=O)OCC1c2ccccc2-c2ccccc21)C(=O)N[C@H]1CCC[C@H]1CO. The summed E-state index contributed by atoms with van der Waals surface area (Å²) in [4.78, 5) is 36.5. The summed E-state index contributed by atoms with van der Waals surface area (Å²) in [6.07, 6.45) is 0.974. The number of aliphatic hydroxyl groups excluding tert-OH is 1. The van der Waals surface area contributed by atoms with Gasteiger partial charge in [0.2, 0.25) is 5.91 Å². The summed E-state index contributed by atoms with van der Waals surface area (Å²) in [5.41, 5.74) is 4.31. The molecule has 0 bridgehead atoms. The van der Waals surface area contributed by atoms with Gasteiger partial charge in [-0.15, -0.1) is 0 Å². The average molecular weight is 453 g/mol. The molecule has 2 aromatic carbocycles. The molecule has 8 nitrogen and oxygen atoms in total. The van der Waals surface area contributed by atoms with Crippen molar-refractivity contribution in [2.45, 2.75) is 43.7 Å². The number of alkyl carbamates (subject to hydrolysis) is 1. The molecule has 4 rings (SSSR count). The maximum Gasteiger partial charge on any atom is 0.407 e. The van der Waals surface area contributed by atoms with Crippen molar-refractivity contribution in [1.82, 2.24) is 10.6 Å². The first-order valence-corrected chi connectivity index (χ1v) is 11.2. The molecule has 0 aromatic heterocycles. The highest BCUT2D eigenvalue weighted by Gasteiger charge is 2.33. The number of ether oxygens (including phenoxy) is 1. The van der Waals surface area contributed by atoms with Crippen LogP contribution in [0.15, 0.2) is 48.5 Å². The highest BCUT2D eigenvalue weighted by molar-refractivity contribution is 5.89. The fourth-order valence-corrected chi connectivity index (χ4v) is 4.89. The minimum atomic E-state index is -1.27. The lowest BCUT2D eigenvalue weighted by Gasteiger charge is -2.23. The normalized spacial score (nSPS) is 19.9. The summed E-state index contributed by atoms with van der Waals surface area (Å²) in [6.45, 7) is 0.0187. The summed E-state index contributed by atoms with van der Waals surface area (Å²) in [5.74, 6) is -2.00. The number of carbonyl (C=O) groups is 3. The number of carbonyl (C=O) groups excluding carboxylic acids is 2. The first-order valence-electron chi connectivity index (χ1n) is 11.2. The molecule has 1 fully saturated rings. The minimum Gasteiger partial charge on any atom is -0.481 e. The van der Waals surface area contributed by atoms with E-state index >= 15 is 0 Å². The Balaban J connectivity index is 1.40. The summed E-state index contributed by atoms with van der Waals surface area (Å²) in [5, 5.41) is 23.9. The van der Waals surface area contributed by atoms with Crippen molar-refractivity contribution in [2.75, 3.05) is 13.2 Å². The fourth-order valence-electron chi connectivity index (χ4n) is 4.89. The van der Waals surface area contributed by atoms with Gasteiger partial charge in [-0.1, -0.05) is 55.0 Å². The van der Waals surface area contributed by atoms with Crippen LogP contribution in [0.1, 0.15) is 42.7 Å². The van der Waals surface area contributed by atoms with Gasteiger partial charge in [-0.25, -0.2) is 4.79 Å². The highest BCUT2D eigenvalue weighted by atomic mass is 16.5. The molecule has 1 saturated carbocycles. The summed E-state index contributed by atoms with van der Waals surface area (Å²) in [6, 6.07) is 14.4. The lowest BCUT2D eigenvalue weighted by molar-refractivity contribution is -0.140. The number of rotatable bonds is 8. The molecule has 0 saturated heterocycles.